The molecule has 0 amide bonds. The van der Waals surface area contributed by atoms with Crippen molar-refractivity contribution in [2.45, 2.75) is 26.2 Å². The molecule has 1 aromatic heterocycles. The van der Waals surface area contributed by atoms with Gasteiger partial charge in [-0.25, -0.2) is 4.79 Å². The molecule has 2 heterocycles. The van der Waals surface area contributed by atoms with E-state index in [0.717, 1.165) is 36.3 Å². The van der Waals surface area contributed by atoms with Crippen LogP contribution in [0, 0.1) is 18.8 Å². The number of aryl methyl sites for hydroxylation is 1. The van der Waals surface area contributed by atoms with Gasteiger partial charge in [0, 0.05) is 25.0 Å². The van der Waals surface area contributed by atoms with Crippen LogP contribution in [0.25, 0.3) is 0 Å². The molecule has 1 saturated heterocycles. The minimum atomic E-state index is -0.880. The molecule has 18 heavy (non-hydrogen) atoms. The maximum absolute atomic E-state index is 11.3. The Morgan fingerprint density at radius 1 is 1.39 bits per heavy atom. The van der Waals surface area contributed by atoms with Crippen molar-refractivity contribution in [2.75, 3.05) is 18.0 Å². The Balaban J connectivity index is 1.92. The molecule has 96 valence electrons. The van der Waals surface area contributed by atoms with Gasteiger partial charge in [0.2, 0.25) is 0 Å². The van der Waals surface area contributed by atoms with Crippen LogP contribution in [0.15, 0.2) is 12.3 Å². The highest BCUT2D eigenvalue weighted by molar-refractivity contribution is 5.94. The Morgan fingerprint density at radius 2 is 2.06 bits per heavy atom. The van der Waals surface area contributed by atoms with E-state index < -0.39 is 5.97 Å². The summed E-state index contributed by atoms with van der Waals surface area (Å²) >= 11 is 0. The Bertz CT molecular complexity index is 475. The van der Waals surface area contributed by atoms with Crippen LogP contribution < -0.4 is 4.90 Å². The van der Waals surface area contributed by atoms with E-state index in [0.29, 0.717) is 5.56 Å². The van der Waals surface area contributed by atoms with E-state index in [1.165, 1.54) is 25.5 Å². The SMILES string of the molecule is Cc1cc(N2CC3CCCC3C2)c(C(=O)O)cn1. The third kappa shape index (κ3) is 1.85. The van der Waals surface area contributed by atoms with E-state index in [1.54, 1.807) is 0 Å². The summed E-state index contributed by atoms with van der Waals surface area (Å²) in [5.74, 6) is 0.648. The molecule has 1 aliphatic heterocycles. The maximum atomic E-state index is 11.3. The molecule has 4 heteroatoms. The average Bonchev–Trinajstić information content (AvgIpc) is 2.88. The molecule has 0 aromatic carbocycles. The molecule has 3 rings (SSSR count). The summed E-state index contributed by atoms with van der Waals surface area (Å²) in [4.78, 5) is 17.6. The monoisotopic (exact) mass is 246 g/mol. The Labute approximate surface area is 107 Å². The van der Waals surface area contributed by atoms with Gasteiger partial charge in [-0.15, -0.1) is 0 Å². The Hall–Kier alpha value is -1.58. The minimum absolute atomic E-state index is 0.334. The highest BCUT2D eigenvalue weighted by atomic mass is 16.4. The quantitative estimate of drug-likeness (QED) is 0.870. The van der Waals surface area contributed by atoms with E-state index in [-0.39, 0.29) is 0 Å². The first kappa shape index (κ1) is 11.5. The van der Waals surface area contributed by atoms with Crippen molar-refractivity contribution in [2.24, 2.45) is 11.8 Å². The van der Waals surface area contributed by atoms with Crippen LogP contribution in [0.1, 0.15) is 35.3 Å². The molecule has 2 atom stereocenters. The number of aromatic nitrogens is 1. The molecule has 1 aliphatic carbocycles. The number of carboxylic acid groups (broad SMARTS) is 1. The lowest BCUT2D eigenvalue weighted by Gasteiger charge is -2.21. The van der Waals surface area contributed by atoms with Crippen LogP contribution in [0.2, 0.25) is 0 Å². The molecule has 1 aromatic rings. The van der Waals surface area contributed by atoms with Crippen molar-refractivity contribution in [1.82, 2.24) is 4.98 Å². The van der Waals surface area contributed by atoms with Crippen molar-refractivity contribution in [3.8, 4) is 0 Å². The van der Waals surface area contributed by atoms with Crippen LogP contribution in [0.5, 0.6) is 0 Å². The Kier molecular flexibility index (Phi) is 2.73. The lowest BCUT2D eigenvalue weighted by molar-refractivity contribution is 0.0697. The number of anilines is 1. The lowest BCUT2D eigenvalue weighted by atomic mass is 10.0. The van der Waals surface area contributed by atoms with Crippen LogP contribution in [-0.4, -0.2) is 29.1 Å². The fraction of sp³-hybridized carbons (Fsp3) is 0.571. The van der Waals surface area contributed by atoms with E-state index >= 15 is 0 Å². The molecule has 2 fully saturated rings. The van der Waals surface area contributed by atoms with Crippen molar-refractivity contribution < 1.29 is 9.90 Å². The first-order valence-corrected chi connectivity index (χ1v) is 6.60. The molecule has 2 unspecified atom stereocenters. The normalized spacial score (nSPS) is 26.4. The molecular formula is C14H18N2O2. The second-order valence-corrected chi connectivity index (χ2v) is 5.50. The molecule has 0 spiro atoms. The van der Waals surface area contributed by atoms with Crippen molar-refractivity contribution in [3.63, 3.8) is 0 Å². The van der Waals surface area contributed by atoms with Gasteiger partial charge in [-0.2, -0.15) is 0 Å². The van der Waals surface area contributed by atoms with E-state index in [2.05, 4.69) is 9.88 Å². The van der Waals surface area contributed by atoms with Gasteiger partial charge >= 0.3 is 5.97 Å². The number of hydrogen-bond acceptors (Lipinski definition) is 3. The van der Waals surface area contributed by atoms with Gasteiger partial charge in [0.15, 0.2) is 0 Å². The number of rotatable bonds is 2. The second-order valence-electron chi connectivity index (χ2n) is 5.50. The molecule has 2 aliphatic rings. The number of aromatic carboxylic acids is 1. The van der Waals surface area contributed by atoms with Crippen LogP contribution in [0.3, 0.4) is 0 Å². The number of fused-ring (bicyclic) bond motifs is 1. The zero-order valence-corrected chi connectivity index (χ0v) is 10.6. The number of carboxylic acids is 1. The summed E-state index contributed by atoms with van der Waals surface area (Å²) in [5.41, 5.74) is 2.07. The summed E-state index contributed by atoms with van der Waals surface area (Å²) in [7, 11) is 0. The maximum Gasteiger partial charge on any atom is 0.339 e. The smallest absolute Gasteiger partial charge is 0.339 e. The first-order valence-electron chi connectivity index (χ1n) is 6.60. The van der Waals surface area contributed by atoms with Gasteiger partial charge in [-0.05, 0) is 37.7 Å². The van der Waals surface area contributed by atoms with E-state index in [9.17, 15) is 9.90 Å². The highest BCUT2D eigenvalue weighted by Crippen LogP contribution is 2.40. The third-order valence-electron chi connectivity index (χ3n) is 4.32. The Morgan fingerprint density at radius 3 is 2.67 bits per heavy atom. The van der Waals surface area contributed by atoms with Crippen molar-refractivity contribution >= 4 is 11.7 Å². The number of nitrogens with zero attached hydrogens (tertiary/aromatic N) is 2. The topological polar surface area (TPSA) is 53.4 Å². The van der Waals surface area contributed by atoms with E-state index in [1.807, 2.05) is 13.0 Å². The number of pyridine rings is 1. The van der Waals surface area contributed by atoms with Gasteiger partial charge in [-0.3, -0.25) is 4.98 Å². The predicted molar refractivity (Wildman–Crippen MR) is 69.0 cm³/mol. The fourth-order valence-electron chi connectivity index (χ4n) is 3.40. The summed E-state index contributed by atoms with van der Waals surface area (Å²) < 4.78 is 0. The predicted octanol–water partition coefficient (Wildman–Crippen LogP) is 2.32. The molecule has 1 N–H and O–H groups in total. The molecule has 1 saturated carbocycles. The molecule has 0 bridgehead atoms. The number of carbonyl (C=O) groups is 1. The first-order chi connectivity index (χ1) is 8.65. The fourth-order valence-corrected chi connectivity index (χ4v) is 3.40. The van der Waals surface area contributed by atoms with Gasteiger partial charge < -0.3 is 10.0 Å². The van der Waals surface area contributed by atoms with Gasteiger partial charge in [-0.1, -0.05) is 6.42 Å². The van der Waals surface area contributed by atoms with Crippen LogP contribution in [-0.2, 0) is 0 Å². The zero-order valence-electron chi connectivity index (χ0n) is 10.6. The van der Waals surface area contributed by atoms with Gasteiger partial charge in [0.05, 0.1) is 5.69 Å². The van der Waals surface area contributed by atoms with Crippen LogP contribution in [0.4, 0.5) is 5.69 Å². The largest absolute Gasteiger partial charge is 0.478 e. The van der Waals surface area contributed by atoms with Crippen molar-refractivity contribution in [1.29, 1.82) is 0 Å². The standard InChI is InChI=1S/C14H18N2O2/c1-9-5-13(12(6-15-9)14(17)18)16-7-10-3-2-4-11(10)8-16/h5-6,10-11H,2-4,7-8H2,1H3,(H,17,18). The van der Waals surface area contributed by atoms with Gasteiger partial charge in [0.25, 0.3) is 0 Å². The lowest BCUT2D eigenvalue weighted by Crippen LogP contribution is -2.23. The summed E-state index contributed by atoms with van der Waals surface area (Å²) in [5, 5.41) is 9.25. The van der Waals surface area contributed by atoms with Gasteiger partial charge in [0.1, 0.15) is 5.56 Å². The minimum Gasteiger partial charge on any atom is -0.478 e. The summed E-state index contributed by atoms with van der Waals surface area (Å²) in [6.07, 6.45) is 5.42. The zero-order chi connectivity index (χ0) is 12.7. The highest BCUT2D eigenvalue weighted by Gasteiger charge is 2.37. The molecule has 0 radical (unpaired) electrons. The summed E-state index contributed by atoms with van der Waals surface area (Å²) in [6.45, 7) is 3.93. The average molecular weight is 246 g/mol. The van der Waals surface area contributed by atoms with Crippen LogP contribution >= 0.6 is 0 Å². The van der Waals surface area contributed by atoms with Crippen molar-refractivity contribution in [3.05, 3.63) is 23.5 Å². The number of hydrogen-bond donors (Lipinski definition) is 1. The van der Waals surface area contributed by atoms with E-state index in [4.69, 9.17) is 0 Å². The summed E-state index contributed by atoms with van der Waals surface area (Å²) in [6, 6.07) is 1.91. The third-order valence-corrected chi connectivity index (χ3v) is 4.32. The molecular weight excluding hydrogens is 228 g/mol. The molecule has 4 nitrogen and oxygen atoms in total. The second kappa shape index (κ2) is 4.26.